The number of carboxylic acids is 1. The summed E-state index contributed by atoms with van der Waals surface area (Å²) in [7, 11) is -3.42. The molecule has 0 spiro atoms. The molecule has 1 saturated heterocycles. The lowest BCUT2D eigenvalue weighted by Gasteiger charge is -2.30. The van der Waals surface area contributed by atoms with E-state index in [1.807, 2.05) is 43.3 Å². The highest BCUT2D eigenvalue weighted by atomic mass is 32.2. The first-order valence-corrected chi connectivity index (χ1v) is 16.2. The Labute approximate surface area is 242 Å². The van der Waals surface area contributed by atoms with Crippen molar-refractivity contribution in [2.45, 2.75) is 51.5 Å². The van der Waals surface area contributed by atoms with Crippen molar-refractivity contribution < 1.29 is 37.3 Å². The highest BCUT2D eigenvalue weighted by molar-refractivity contribution is 7.89. The molecule has 41 heavy (non-hydrogen) atoms. The Morgan fingerprint density at radius 2 is 1.56 bits per heavy atom. The lowest BCUT2D eigenvalue weighted by atomic mass is 9.82. The number of hydrogen-bond acceptors (Lipinski definition) is 8. The molecule has 0 unspecified atom stereocenters. The monoisotopic (exact) mass is 588 g/mol. The van der Waals surface area contributed by atoms with E-state index in [0.29, 0.717) is 75.2 Å². The van der Waals surface area contributed by atoms with Gasteiger partial charge in [-0.25, -0.2) is 12.7 Å². The third kappa shape index (κ3) is 6.42. The third-order valence-electron chi connectivity index (χ3n) is 8.12. The normalized spacial score (nSPS) is 21.9. The van der Waals surface area contributed by atoms with E-state index in [9.17, 15) is 18.3 Å². The van der Waals surface area contributed by atoms with E-state index in [2.05, 4.69) is 11.8 Å². The Morgan fingerprint density at radius 3 is 2.29 bits per heavy atom. The second-order valence-corrected chi connectivity index (χ2v) is 12.9. The van der Waals surface area contributed by atoms with Crippen LogP contribution in [0.25, 0.3) is 0 Å². The van der Waals surface area contributed by atoms with Crippen LogP contribution in [0.15, 0.2) is 36.4 Å². The van der Waals surface area contributed by atoms with Gasteiger partial charge < -0.3 is 24.1 Å². The molecule has 1 N–H and O–H groups in total. The minimum absolute atomic E-state index is 0.129. The van der Waals surface area contributed by atoms with Crippen molar-refractivity contribution in [2.24, 2.45) is 5.92 Å². The molecule has 3 atom stereocenters. The van der Waals surface area contributed by atoms with Gasteiger partial charge in [-0.2, -0.15) is 0 Å². The summed E-state index contributed by atoms with van der Waals surface area (Å²) in [6.45, 7) is 6.63. The van der Waals surface area contributed by atoms with Crippen molar-refractivity contribution in [1.29, 1.82) is 0 Å². The molecule has 5 rings (SSSR count). The van der Waals surface area contributed by atoms with Crippen molar-refractivity contribution in [3.05, 3.63) is 47.5 Å². The van der Waals surface area contributed by atoms with Crippen molar-refractivity contribution in [1.82, 2.24) is 9.21 Å². The number of likely N-dealkylation sites (tertiary alicyclic amines) is 1. The fraction of sp³-hybridized carbons (Fsp3) is 0.567. The van der Waals surface area contributed by atoms with E-state index in [1.54, 1.807) is 4.31 Å². The Morgan fingerprint density at radius 1 is 0.902 bits per heavy atom. The number of nitrogens with zero attached hydrogens (tertiary/aromatic N) is 2. The Kier molecular flexibility index (Phi) is 9.25. The van der Waals surface area contributed by atoms with Crippen LogP contribution in [0, 0.1) is 5.92 Å². The number of sulfonamides is 1. The number of carbonyl (C=O) groups is 1. The summed E-state index contributed by atoms with van der Waals surface area (Å²) in [4.78, 5) is 15.1. The zero-order valence-electron chi connectivity index (χ0n) is 23.8. The van der Waals surface area contributed by atoms with Crippen molar-refractivity contribution >= 4 is 16.0 Å². The summed E-state index contributed by atoms with van der Waals surface area (Å²) in [5, 5.41) is 10.6. The van der Waals surface area contributed by atoms with Crippen LogP contribution >= 0.6 is 0 Å². The number of fused-ring (bicyclic) bond motifs is 2. The maximum absolute atomic E-state index is 13.2. The van der Waals surface area contributed by atoms with E-state index in [0.717, 1.165) is 24.0 Å². The van der Waals surface area contributed by atoms with Gasteiger partial charge in [0.2, 0.25) is 16.8 Å². The third-order valence-corrected chi connectivity index (χ3v) is 10.1. The van der Waals surface area contributed by atoms with Gasteiger partial charge in [0.1, 0.15) is 13.2 Å². The standard InChI is InChI=1S/C30H40N2O8S/c1-3-5-6-16-41(35,36)32(11-4-2)13-12-31-19-23(21-7-9-25-27(17-21)40-20-39-25)28(30(33)34)29(31)22-8-10-24-26(18-22)38-15-14-37-24/h7-10,17-18,23,28-29H,3-6,11-16,19-20H2,1-2H3,(H,33,34)/t23-,28-,29+/m1/s1. The number of aliphatic carboxylic acids is 1. The molecule has 0 amide bonds. The fourth-order valence-electron chi connectivity index (χ4n) is 6.13. The van der Waals surface area contributed by atoms with Gasteiger partial charge in [-0.1, -0.05) is 38.8 Å². The largest absolute Gasteiger partial charge is 0.486 e. The Bertz CT molecular complexity index is 1330. The van der Waals surface area contributed by atoms with E-state index < -0.39 is 28.0 Å². The molecule has 0 saturated carbocycles. The molecule has 0 aliphatic carbocycles. The predicted molar refractivity (Wildman–Crippen MR) is 153 cm³/mol. The molecule has 10 nitrogen and oxygen atoms in total. The second kappa shape index (κ2) is 12.9. The molecule has 2 aromatic rings. The molecule has 11 heteroatoms. The average molecular weight is 589 g/mol. The van der Waals surface area contributed by atoms with Gasteiger partial charge in [0.15, 0.2) is 23.0 Å². The van der Waals surface area contributed by atoms with Crippen LogP contribution in [0.2, 0.25) is 0 Å². The minimum atomic E-state index is -3.42. The Hall–Kier alpha value is -3.02. The van der Waals surface area contributed by atoms with Crippen molar-refractivity contribution in [2.75, 3.05) is 51.9 Å². The van der Waals surface area contributed by atoms with E-state index in [1.165, 1.54) is 0 Å². The van der Waals surface area contributed by atoms with Gasteiger partial charge in [0.25, 0.3) is 0 Å². The summed E-state index contributed by atoms with van der Waals surface area (Å²) in [5.41, 5.74) is 1.65. The SMILES string of the molecule is CCCCCS(=O)(=O)N(CCC)CCN1C[C@H](c2ccc3c(c2)OCO3)[C@@H](C(=O)O)[C@@H]1c1ccc2c(c1)OCCO2. The first-order valence-electron chi connectivity index (χ1n) is 14.6. The van der Waals surface area contributed by atoms with Gasteiger partial charge in [0, 0.05) is 38.1 Å². The van der Waals surface area contributed by atoms with Crippen LogP contribution in [0.4, 0.5) is 0 Å². The zero-order chi connectivity index (χ0) is 29.0. The maximum Gasteiger partial charge on any atom is 0.309 e. The van der Waals surface area contributed by atoms with Crippen molar-refractivity contribution in [3.8, 4) is 23.0 Å². The highest BCUT2D eigenvalue weighted by Crippen LogP contribution is 2.49. The molecule has 0 radical (unpaired) electrons. The number of rotatable bonds is 13. The Balaban J connectivity index is 1.46. The summed E-state index contributed by atoms with van der Waals surface area (Å²) in [6.07, 6.45) is 3.16. The van der Waals surface area contributed by atoms with E-state index in [-0.39, 0.29) is 18.5 Å². The molecule has 224 valence electrons. The number of unbranched alkanes of at least 4 members (excludes halogenated alkanes) is 2. The zero-order valence-corrected chi connectivity index (χ0v) is 24.6. The fourth-order valence-corrected chi connectivity index (χ4v) is 7.77. The average Bonchev–Trinajstić information content (AvgIpc) is 3.59. The van der Waals surface area contributed by atoms with Gasteiger partial charge in [-0.15, -0.1) is 0 Å². The lowest BCUT2D eigenvalue weighted by molar-refractivity contribution is -0.143. The molecular weight excluding hydrogens is 548 g/mol. The van der Waals surface area contributed by atoms with Crippen molar-refractivity contribution in [3.63, 3.8) is 0 Å². The van der Waals surface area contributed by atoms with Gasteiger partial charge in [-0.3, -0.25) is 9.69 Å². The maximum atomic E-state index is 13.2. The molecule has 1 fully saturated rings. The number of ether oxygens (including phenoxy) is 4. The van der Waals surface area contributed by atoms with E-state index in [4.69, 9.17) is 18.9 Å². The summed E-state index contributed by atoms with van der Waals surface area (Å²) >= 11 is 0. The van der Waals surface area contributed by atoms with Crippen LogP contribution in [-0.4, -0.2) is 80.6 Å². The first kappa shape index (κ1) is 29.5. The molecule has 3 heterocycles. The molecule has 2 aromatic carbocycles. The summed E-state index contributed by atoms with van der Waals surface area (Å²) < 4.78 is 50.6. The number of benzene rings is 2. The molecule has 0 aromatic heterocycles. The van der Waals surface area contributed by atoms with Gasteiger partial charge in [-0.05, 0) is 48.2 Å². The van der Waals surface area contributed by atoms with Gasteiger partial charge in [0.05, 0.1) is 11.7 Å². The predicted octanol–water partition coefficient (Wildman–Crippen LogP) is 4.26. The van der Waals surface area contributed by atoms with Crippen LogP contribution < -0.4 is 18.9 Å². The highest BCUT2D eigenvalue weighted by Gasteiger charge is 2.48. The molecule has 3 aliphatic heterocycles. The summed E-state index contributed by atoms with van der Waals surface area (Å²) in [5.74, 6) is 0.568. The quantitative estimate of drug-likeness (QED) is 0.343. The molecule has 3 aliphatic rings. The first-order chi connectivity index (χ1) is 19.8. The smallest absolute Gasteiger partial charge is 0.309 e. The van der Waals surface area contributed by atoms with E-state index >= 15 is 0 Å². The second-order valence-electron chi connectivity index (χ2n) is 10.8. The van der Waals surface area contributed by atoms with Crippen LogP contribution in [0.3, 0.4) is 0 Å². The van der Waals surface area contributed by atoms with Crippen LogP contribution in [0.1, 0.15) is 62.6 Å². The molecule has 0 bridgehead atoms. The van der Waals surface area contributed by atoms with Crippen LogP contribution in [0.5, 0.6) is 23.0 Å². The minimum Gasteiger partial charge on any atom is -0.486 e. The topological polar surface area (TPSA) is 115 Å². The molecular formula is C30H40N2O8S. The number of hydrogen-bond donors (Lipinski definition) is 1. The van der Waals surface area contributed by atoms with Gasteiger partial charge >= 0.3 is 5.97 Å². The summed E-state index contributed by atoms with van der Waals surface area (Å²) in [6, 6.07) is 10.7. The lowest BCUT2D eigenvalue weighted by Crippen LogP contribution is -2.40. The van der Waals surface area contributed by atoms with Crippen LogP contribution in [-0.2, 0) is 14.8 Å². The number of carboxylic acid groups (broad SMARTS) is 1.